The number of phenols is 1. The first-order valence-corrected chi connectivity index (χ1v) is 4.68. The Morgan fingerprint density at radius 1 is 1.62 bits per heavy atom. The molecule has 0 bridgehead atoms. The second-order valence-corrected chi connectivity index (χ2v) is 3.54. The third-order valence-electron chi connectivity index (χ3n) is 1.75. The summed E-state index contributed by atoms with van der Waals surface area (Å²) >= 11 is 3.27. The zero-order valence-corrected chi connectivity index (χ0v) is 8.91. The summed E-state index contributed by atoms with van der Waals surface area (Å²) in [6.07, 6.45) is 0. The molecular formula is C9H12BrNO2. The van der Waals surface area contributed by atoms with Gasteiger partial charge in [-0.25, -0.2) is 0 Å². The molecule has 0 aliphatic rings. The summed E-state index contributed by atoms with van der Waals surface area (Å²) in [5.74, 6) is 0.198. The van der Waals surface area contributed by atoms with E-state index in [4.69, 9.17) is 10.5 Å². The zero-order chi connectivity index (χ0) is 9.84. The Bertz CT molecular complexity index is 291. The summed E-state index contributed by atoms with van der Waals surface area (Å²) in [5, 5.41) is 9.37. The molecule has 1 atom stereocenters. The molecule has 1 aromatic rings. The van der Waals surface area contributed by atoms with Gasteiger partial charge in [-0.15, -0.1) is 0 Å². The molecule has 72 valence electrons. The van der Waals surface area contributed by atoms with Gasteiger partial charge in [-0.3, -0.25) is 0 Å². The Morgan fingerprint density at radius 3 is 2.92 bits per heavy atom. The topological polar surface area (TPSA) is 55.5 Å². The third kappa shape index (κ3) is 2.43. The lowest BCUT2D eigenvalue weighted by Crippen LogP contribution is -2.16. The predicted molar refractivity (Wildman–Crippen MR) is 54.6 cm³/mol. The van der Waals surface area contributed by atoms with Crippen LogP contribution in [0.2, 0.25) is 0 Å². The van der Waals surface area contributed by atoms with E-state index in [9.17, 15) is 5.11 Å². The third-order valence-corrected chi connectivity index (χ3v) is 2.62. The van der Waals surface area contributed by atoms with Crippen molar-refractivity contribution in [3.8, 4) is 5.75 Å². The molecule has 4 heteroatoms. The molecule has 0 spiro atoms. The molecule has 0 aliphatic carbocycles. The first kappa shape index (κ1) is 10.5. The summed E-state index contributed by atoms with van der Waals surface area (Å²) in [7, 11) is 1.59. The van der Waals surface area contributed by atoms with E-state index in [-0.39, 0.29) is 11.8 Å². The molecule has 1 aromatic carbocycles. The first-order chi connectivity index (χ1) is 6.16. The minimum Gasteiger partial charge on any atom is -0.507 e. The Balaban J connectivity index is 2.93. The molecule has 3 nitrogen and oxygen atoms in total. The maximum Gasteiger partial charge on any atom is 0.130 e. The molecule has 1 rings (SSSR count). The van der Waals surface area contributed by atoms with Crippen LogP contribution in [-0.2, 0) is 4.74 Å². The van der Waals surface area contributed by atoms with Crippen molar-refractivity contribution >= 4 is 15.9 Å². The van der Waals surface area contributed by atoms with Crippen molar-refractivity contribution in [3.05, 3.63) is 28.2 Å². The quantitative estimate of drug-likeness (QED) is 0.854. The number of benzene rings is 1. The number of nitrogens with two attached hydrogens (primary N) is 1. The van der Waals surface area contributed by atoms with Crippen LogP contribution in [0.1, 0.15) is 11.6 Å². The summed E-state index contributed by atoms with van der Waals surface area (Å²) < 4.78 is 5.56. The predicted octanol–water partition coefficient (Wildman–Crippen LogP) is 1.80. The Hall–Kier alpha value is -0.580. The van der Waals surface area contributed by atoms with Crippen molar-refractivity contribution < 1.29 is 9.84 Å². The van der Waals surface area contributed by atoms with Gasteiger partial charge in [0.15, 0.2) is 0 Å². The average Bonchev–Trinajstić information content (AvgIpc) is 2.10. The minimum absolute atomic E-state index is 0.198. The van der Waals surface area contributed by atoms with Gasteiger partial charge in [-0.2, -0.15) is 0 Å². The van der Waals surface area contributed by atoms with Gasteiger partial charge in [0.05, 0.1) is 17.1 Å². The average molecular weight is 246 g/mol. The van der Waals surface area contributed by atoms with E-state index in [0.29, 0.717) is 11.1 Å². The van der Waals surface area contributed by atoms with Crippen molar-refractivity contribution in [1.29, 1.82) is 0 Å². The van der Waals surface area contributed by atoms with Crippen LogP contribution in [0.5, 0.6) is 5.75 Å². The molecule has 0 heterocycles. The van der Waals surface area contributed by atoms with E-state index in [1.165, 1.54) is 0 Å². The van der Waals surface area contributed by atoms with Gasteiger partial charge in [-0.1, -0.05) is 12.1 Å². The molecule has 0 amide bonds. The van der Waals surface area contributed by atoms with E-state index in [2.05, 4.69) is 15.9 Å². The molecular weight excluding hydrogens is 234 g/mol. The van der Waals surface area contributed by atoms with Crippen LogP contribution >= 0.6 is 15.9 Å². The molecule has 0 fully saturated rings. The molecule has 3 N–H and O–H groups in total. The maximum absolute atomic E-state index is 9.37. The number of methoxy groups -OCH3 is 1. The summed E-state index contributed by atoms with van der Waals surface area (Å²) in [6, 6.07) is 5.00. The highest BCUT2D eigenvalue weighted by atomic mass is 79.9. The van der Waals surface area contributed by atoms with Crippen molar-refractivity contribution in [3.63, 3.8) is 0 Å². The number of phenolic OH excluding ortho intramolecular Hbond substituents is 1. The van der Waals surface area contributed by atoms with Gasteiger partial charge in [-0.05, 0) is 27.6 Å². The number of ether oxygens (including phenoxy) is 1. The van der Waals surface area contributed by atoms with Crippen LogP contribution in [-0.4, -0.2) is 18.8 Å². The normalized spacial score (nSPS) is 12.8. The fraction of sp³-hybridized carbons (Fsp3) is 0.333. The second kappa shape index (κ2) is 4.60. The number of hydrogen-bond donors (Lipinski definition) is 2. The Kier molecular flexibility index (Phi) is 3.71. The lowest BCUT2D eigenvalue weighted by atomic mass is 10.1. The van der Waals surface area contributed by atoms with Crippen LogP contribution in [0.15, 0.2) is 22.7 Å². The van der Waals surface area contributed by atoms with Crippen molar-refractivity contribution in [2.75, 3.05) is 13.7 Å². The van der Waals surface area contributed by atoms with Crippen LogP contribution in [0.4, 0.5) is 0 Å². The Labute approximate surface area is 85.6 Å². The largest absolute Gasteiger partial charge is 0.507 e. The van der Waals surface area contributed by atoms with Gasteiger partial charge in [0, 0.05) is 7.11 Å². The first-order valence-electron chi connectivity index (χ1n) is 3.88. The van der Waals surface area contributed by atoms with Gasteiger partial charge < -0.3 is 15.6 Å². The maximum atomic E-state index is 9.37. The minimum atomic E-state index is -0.216. The SMILES string of the molecule is COCC(N)c1cccc(O)c1Br. The van der Waals surface area contributed by atoms with Gasteiger partial charge in [0.2, 0.25) is 0 Å². The summed E-state index contributed by atoms with van der Waals surface area (Å²) in [6.45, 7) is 0.433. The van der Waals surface area contributed by atoms with E-state index in [0.717, 1.165) is 5.56 Å². The van der Waals surface area contributed by atoms with Gasteiger partial charge >= 0.3 is 0 Å². The fourth-order valence-corrected chi connectivity index (χ4v) is 1.65. The van der Waals surface area contributed by atoms with Crippen LogP contribution in [0.25, 0.3) is 0 Å². The smallest absolute Gasteiger partial charge is 0.130 e. The number of halogens is 1. The van der Waals surface area contributed by atoms with Crippen molar-refractivity contribution in [1.82, 2.24) is 0 Å². The van der Waals surface area contributed by atoms with Crippen molar-refractivity contribution in [2.24, 2.45) is 5.73 Å². The lowest BCUT2D eigenvalue weighted by molar-refractivity contribution is 0.180. The molecule has 0 saturated heterocycles. The standard InChI is InChI=1S/C9H12BrNO2/c1-13-5-7(11)6-3-2-4-8(12)9(6)10/h2-4,7,12H,5,11H2,1H3. The second-order valence-electron chi connectivity index (χ2n) is 2.74. The van der Waals surface area contributed by atoms with Crippen LogP contribution in [0, 0.1) is 0 Å². The zero-order valence-electron chi connectivity index (χ0n) is 7.33. The van der Waals surface area contributed by atoms with Crippen molar-refractivity contribution in [2.45, 2.75) is 6.04 Å². The number of rotatable bonds is 3. The van der Waals surface area contributed by atoms with E-state index < -0.39 is 0 Å². The molecule has 0 aliphatic heterocycles. The van der Waals surface area contributed by atoms with Crippen LogP contribution in [0.3, 0.4) is 0 Å². The summed E-state index contributed by atoms with van der Waals surface area (Å²) in [4.78, 5) is 0. The molecule has 13 heavy (non-hydrogen) atoms. The monoisotopic (exact) mass is 245 g/mol. The number of hydrogen-bond acceptors (Lipinski definition) is 3. The van der Waals surface area contributed by atoms with Crippen LogP contribution < -0.4 is 5.73 Å². The fourth-order valence-electron chi connectivity index (χ4n) is 1.09. The Morgan fingerprint density at radius 2 is 2.31 bits per heavy atom. The molecule has 0 radical (unpaired) electrons. The van der Waals surface area contributed by atoms with E-state index >= 15 is 0 Å². The van der Waals surface area contributed by atoms with Gasteiger partial charge in [0.1, 0.15) is 5.75 Å². The molecule has 1 unspecified atom stereocenters. The molecule has 0 saturated carbocycles. The molecule has 0 aromatic heterocycles. The number of aromatic hydroxyl groups is 1. The lowest BCUT2D eigenvalue weighted by Gasteiger charge is -2.13. The highest BCUT2D eigenvalue weighted by molar-refractivity contribution is 9.10. The highest BCUT2D eigenvalue weighted by Gasteiger charge is 2.11. The highest BCUT2D eigenvalue weighted by Crippen LogP contribution is 2.30. The summed E-state index contributed by atoms with van der Waals surface area (Å²) in [5.41, 5.74) is 6.66. The van der Waals surface area contributed by atoms with Gasteiger partial charge in [0.25, 0.3) is 0 Å². The van der Waals surface area contributed by atoms with E-state index in [1.807, 2.05) is 6.07 Å². The van der Waals surface area contributed by atoms with E-state index in [1.54, 1.807) is 19.2 Å².